The number of benzene rings is 1. The van der Waals surface area contributed by atoms with E-state index >= 15 is 0 Å². The van der Waals surface area contributed by atoms with Crippen molar-refractivity contribution in [1.29, 1.82) is 0 Å². The first-order valence-electron chi connectivity index (χ1n) is 8.35. The fourth-order valence-corrected chi connectivity index (χ4v) is 2.48. The Morgan fingerprint density at radius 1 is 1.08 bits per heavy atom. The molecule has 0 aliphatic rings. The third-order valence-electron chi connectivity index (χ3n) is 3.80. The van der Waals surface area contributed by atoms with Gasteiger partial charge in [0.15, 0.2) is 0 Å². The van der Waals surface area contributed by atoms with E-state index in [2.05, 4.69) is 15.6 Å². The van der Waals surface area contributed by atoms with Crippen molar-refractivity contribution >= 4 is 29.1 Å². The Kier molecular flexibility index (Phi) is 7.12. The molecule has 0 fully saturated rings. The number of amides is 2. The summed E-state index contributed by atoms with van der Waals surface area (Å²) in [5.74, 6) is -0.685. The van der Waals surface area contributed by atoms with Crippen LogP contribution in [0.15, 0.2) is 36.4 Å². The van der Waals surface area contributed by atoms with E-state index in [0.29, 0.717) is 17.3 Å². The third kappa shape index (κ3) is 5.54. The summed E-state index contributed by atoms with van der Waals surface area (Å²) < 4.78 is 0. The third-order valence-corrected chi connectivity index (χ3v) is 4.21. The molecule has 0 bridgehead atoms. The summed E-state index contributed by atoms with van der Waals surface area (Å²) in [6.45, 7) is 3.26. The van der Waals surface area contributed by atoms with Crippen LogP contribution >= 0.6 is 11.6 Å². The number of hydrogen-bond donors (Lipinski definition) is 2. The van der Waals surface area contributed by atoms with Crippen molar-refractivity contribution in [2.24, 2.45) is 0 Å². The van der Waals surface area contributed by atoms with Gasteiger partial charge in [-0.15, -0.1) is 0 Å². The molecule has 0 aliphatic heterocycles. The molecule has 138 valence electrons. The highest BCUT2D eigenvalue weighted by atomic mass is 35.5. The highest BCUT2D eigenvalue weighted by Crippen LogP contribution is 2.23. The topological polar surface area (TPSA) is 74.3 Å². The number of nitrogens with zero attached hydrogens (tertiary/aromatic N) is 2. The van der Waals surface area contributed by atoms with Crippen LogP contribution in [0.3, 0.4) is 0 Å². The maximum absolute atomic E-state index is 12.4. The van der Waals surface area contributed by atoms with Crippen LogP contribution in [0, 0.1) is 6.92 Å². The van der Waals surface area contributed by atoms with Crippen LogP contribution in [0.5, 0.6) is 0 Å². The van der Waals surface area contributed by atoms with Crippen LogP contribution in [0.25, 0.3) is 0 Å². The first-order valence-corrected chi connectivity index (χ1v) is 8.72. The van der Waals surface area contributed by atoms with E-state index in [0.717, 1.165) is 18.5 Å². The molecule has 1 aromatic carbocycles. The number of carbonyl (C=O) groups excluding carboxylic acids is 2. The molecule has 6 nitrogen and oxygen atoms in total. The van der Waals surface area contributed by atoms with Crippen molar-refractivity contribution in [3.05, 3.63) is 58.4 Å². The second kappa shape index (κ2) is 9.31. The van der Waals surface area contributed by atoms with Gasteiger partial charge in [-0.2, -0.15) is 0 Å². The van der Waals surface area contributed by atoms with Crippen LogP contribution in [-0.2, 0) is 0 Å². The predicted molar refractivity (Wildman–Crippen MR) is 104 cm³/mol. The minimum absolute atomic E-state index is 0.172. The maximum atomic E-state index is 12.4. The van der Waals surface area contributed by atoms with Gasteiger partial charge in [-0.3, -0.25) is 9.59 Å². The SMILES string of the molecule is Cc1c(Cl)cccc1NC(=O)c1cccc(C(=O)NCCCN(C)C)n1. The molecule has 1 aromatic heterocycles. The molecule has 0 unspecified atom stereocenters. The number of carbonyl (C=O) groups is 2. The van der Waals surface area contributed by atoms with Crippen LogP contribution in [0.1, 0.15) is 33.0 Å². The summed E-state index contributed by atoms with van der Waals surface area (Å²) in [6, 6.07) is 10.1. The minimum Gasteiger partial charge on any atom is -0.351 e. The van der Waals surface area contributed by atoms with Crippen molar-refractivity contribution in [2.45, 2.75) is 13.3 Å². The number of anilines is 1. The van der Waals surface area contributed by atoms with Crippen molar-refractivity contribution in [2.75, 3.05) is 32.5 Å². The van der Waals surface area contributed by atoms with Crippen LogP contribution in [0.4, 0.5) is 5.69 Å². The van der Waals surface area contributed by atoms with E-state index in [9.17, 15) is 9.59 Å². The van der Waals surface area contributed by atoms with Gasteiger partial charge in [-0.25, -0.2) is 4.98 Å². The van der Waals surface area contributed by atoms with E-state index in [1.54, 1.807) is 36.4 Å². The molecule has 2 amide bonds. The first kappa shape index (κ1) is 19.9. The lowest BCUT2D eigenvalue weighted by molar-refractivity contribution is 0.0947. The number of aromatic nitrogens is 1. The van der Waals surface area contributed by atoms with E-state index in [1.165, 1.54) is 0 Å². The summed E-state index contributed by atoms with van der Waals surface area (Å²) in [5.41, 5.74) is 1.77. The number of nitrogens with one attached hydrogen (secondary N) is 2. The van der Waals surface area contributed by atoms with Crippen LogP contribution < -0.4 is 10.6 Å². The number of pyridine rings is 1. The molecular formula is C19H23ClN4O2. The quantitative estimate of drug-likeness (QED) is 0.731. The molecule has 0 radical (unpaired) electrons. The van der Waals surface area contributed by atoms with Gasteiger partial charge in [0.1, 0.15) is 11.4 Å². The molecule has 0 spiro atoms. The number of rotatable bonds is 7. The molecular weight excluding hydrogens is 352 g/mol. The molecule has 1 heterocycles. The molecule has 2 rings (SSSR count). The van der Waals surface area contributed by atoms with Gasteiger partial charge in [-0.05, 0) is 63.8 Å². The van der Waals surface area contributed by atoms with Gasteiger partial charge in [0, 0.05) is 17.3 Å². The largest absolute Gasteiger partial charge is 0.351 e. The van der Waals surface area contributed by atoms with Crippen molar-refractivity contribution in [1.82, 2.24) is 15.2 Å². The van der Waals surface area contributed by atoms with Crippen molar-refractivity contribution in [3.63, 3.8) is 0 Å². The summed E-state index contributed by atoms with van der Waals surface area (Å²) in [7, 11) is 3.96. The summed E-state index contributed by atoms with van der Waals surface area (Å²) >= 11 is 6.07. The van der Waals surface area contributed by atoms with Gasteiger partial charge in [-0.1, -0.05) is 23.7 Å². The smallest absolute Gasteiger partial charge is 0.274 e. The lowest BCUT2D eigenvalue weighted by atomic mass is 10.2. The molecule has 0 saturated heterocycles. The van der Waals surface area contributed by atoms with Gasteiger partial charge < -0.3 is 15.5 Å². The number of hydrogen-bond acceptors (Lipinski definition) is 4. The monoisotopic (exact) mass is 374 g/mol. The van der Waals surface area contributed by atoms with Gasteiger partial charge in [0.05, 0.1) is 0 Å². The fourth-order valence-electron chi connectivity index (χ4n) is 2.30. The molecule has 7 heteroatoms. The molecule has 0 atom stereocenters. The lowest BCUT2D eigenvalue weighted by Crippen LogP contribution is -2.28. The fraction of sp³-hybridized carbons (Fsp3) is 0.316. The Bertz CT molecular complexity index is 793. The summed E-state index contributed by atoms with van der Waals surface area (Å²) in [5, 5.41) is 6.16. The minimum atomic E-state index is -0.391. The Balaban J connectivity index is 2.02. The molecule has 26 heavy (non-hydrogen) atoms. The zero-order valence-electron chi connectivity index (χ0n) is 15.2. The molecule has 2 aromatic rings. The Morgan fingerprint density at radius 2 is 1.73 bits per heavy atom. The van der Waals surface area contributed by atoms with Crippen LogP contribution in [0.2, 0.25) is 5.02 Å². The maximum Gasteiger partial charge on any atom is 0.274 e. The van der Waals surface area contributed by atoms with Gasteiger partial charge in [0.25, 0.3) is 11.8 Å². The van der Waals surface area contributed by atoms with Crippen LogP contribution in [-0.4, -0.2) is 48.9 Å². The second-order valence-corrected chi connectivity index (χ2v) is 6.59. The normalized spacial score (nSPS) is 10.7. The highest BCUT2D eigenvalue weighted by molar-refractivity contribution is 6.31. The number of halogens is 1. The average molecular weight is 375 g/mol. The standard InChI is InChI=1S/C19H23ClN4O2/c1-13-14(20)7-4-8-15(13)23-19(26)17-10-5-9-16(22-17)18(25)21-11-6-12-24(2)3/h4-5,7-10H,6,11-12H2,1-3H3,(H,21,25)(H,23,26). The molecule has 0 saturated carbocycles. The molecule has 2 N–H and O–H groups in total. The lowest BCUT2D eigenvalue weighted by Gasteiger charge is -2.11. The Hall–Kier alpha value is -2.44. The molecule has 0 aliphatic carbocycles. The van der Waals surface area contributed by atoms with Gasteiger partial charge in [0.2, 0.25) is 0 Å². The Labute approximate surface area is 158 Å². The van der Waals surface area contributed by atoms with Crippen molar-refractivity contribution in [3.8, 4) is 0 Å². The predicted octanol–water partition coefficient (Wildman–Crippen LogP) is 2.98. The first-order chi connectivity index (χ1) is 12.4. The van der Waals surface area contributed by atoms with E-state index in [-0.39, 0.29) is 17.3 Å². The summed E-state index contributed by atoms with van der Waals surface area (Å²) in [4.78, 5) is 30.8. The van der Waals surface area contributed by atoms with E-state index < -0.39 is 5.91 Å². The second-order valence-electron chi connectivity index (χ2n) is 6.19. The van der Waals surface area contributed by atoms with E-state index in [4.69, 9.17) is 11.6 Å². The van der Waals surface area contributed by atoms with Gasteiger partial charge >= 0.3 is 0 Å². The highest BCUT2D eigenvalue weighted by Gasteiger charge is 2.13. The Morgan fingerprint density at radius 3 is 2.42 bits per heavy atom. The van der Waals surface area contributed by atoms with Crippen molar-refractivity contribution < 1.29 is 9.59 Å². The zero-order valence-corrected chi connectivity index (χ0v) is 15.9. The zero-order chi connectivity index (χ0) is 19.1. The summed E-state index contributed by atoms with van der Waals surface area (Å²) in [6.07, 6.45) is 0.840. The van der Waals surface area contributed by atoms with E-state index in [1.807, 2.05) is 25.9 Å². The average Bonchev–Trinajstić information content (AvgIpc) is 2.62.